The van der Waals surface area contributed by atoms with Crippen LogP contribution in [0.3, 0.4) is 0 Å². The molecule has 3 nitrogen and oxygen atoms in total. The van der Waals surface area contributed by atoms with Crippen LogP contribution >= 0.6 is 23.2 Å². The van der Waals surface area contributed by atoms with Gasteiger partial charge in [-0.15, -0.1) is 4.68 Å². The van der Waals surface area contributed by atoms with E-state index in [-0.39, 0.29) is 17.0 Å². The van der Waals surface area contributed by atoms with E-state index in [0.717, 1.165) is 18.5 Å². The standard InChI is InChI=1S/C13H16Cl2N3.BrH/c1-2-3-6-17-9-16-18(10-17)8-11-4-5-12(14)7-13(11)15;/h4-5,7,9-10H,2-3,6,8H2,1H3;1H/q+1;/p-1. The molecule has 0 bridgehead atoms. The van der Waals surface area contributed by atoms with Crippen LogP contribution in [0, 0.1) is 0 Å². The van der Waals surface area contributed by atoms with Crippen molar-refractivity contribution in [1.82, 2.24) is 9.78 Å². The summed E-state index contributed by atoms with van der Waals surface area (Å²) in [7, 11) is 0. The highest BCUT2D eigenvalue weighted by Crippen LogP contribution is 2.21. The highest BCUT2D eigenvalue weighted by molar-refractivity contribution is 6.35. The van der Waals surface area contributed by atoms with Crippen LogP contribution in [0.5, 0.6) is 0 Å². The van der Waals surface area contributed by atoms with Gasteiger partial charge in [0.05, 0.1) is 6.54 Å². The first kappa shape index (κ1) is 16.5. The molecule has 0 amide bonds. The van der Waals surface area contributed by atoms with Gasteiger partial charge < -0.3 is 17.0 Å². The molecule has 0 aliphatic heterocycles. The summed E-state index contributed by atoms with van der Waals surface area (Å²) in [6.45, 7) is 3.85. The number of aromatic nitrogens is 3. The van der Waals surface area contributed by atoms with Crippen molar-refractivity contribution >= 4 is 23.2 Å². The van der Waals surface area contributed by atoms with Gasteiger partial charge in [-0.25, -0.2) is 4.57 Å². The van der Waals surface area contributed by atoms with Gasteiger partial charge >= 0.3 is 0 Å². The summed E-state index contributed by atoms with van der Waals surface area (Å²) in [5.74, 6) is 0. The van der Waals surface area contributed by atoms with Crippen LogP contribution < -0.4 is 21.5 Å². The Kier molecular flexibility index (Phi) is 6.83. The Morgan fingerprint density at radius 3 is 2.79 bits per heavy atom. The van der Waals surface area contributed by atoms with Crippen molar-refractivity contribution in [2.75, 3.05) is 0 Å². The number of hydrogen-bond acceptors (Lipinski definition) is 1. The molecule has 19 heavy (non-hydrogen) atoms. The summed E-state index contributed by atoms with van der Waals surface area (Å²) in [5.41, 5.74) is 1.02. The quantitative estimate of drug-likeness (QED) is 0.701. The summed E-state index contributed by atoms with van der Waals surface area (Å²) in [4.78, 5) is 0. The zero-order valence-electron chi connectivity index (χ0n) is 10.7. The Morgan fingerprint density at radius 2 is 2.11 bits per heavy atom. The molecular formula is C13H16BrCl2N3. The van der Waals surface area contributed by atoms with Crippen molar-refractivity contribution in [1.29, 1.82) is 0 Å². The third-order valence-electron chi connectivity index (χ3n) is 2.75. The van der Waals surface area contributed by atoms with Crippen LogP contribution in [-0.2, 0) is 13.1 Å². The first-order valence-corrected chi connectivity index (χ1v) is 6.80. The predicted molar refractivity (Wildman–Crippen MR) is 72.9 cm³/mol. The van der Waals surface area contributed by atoms with Crippen molar-refractivity contribution in [2.45, 2.75) is 32.9 Å². The number of benzene rings is 1. The molecule has 0 aliphatic carbocycles. The van der Waals surface area contributed by atoms with E-state index >= 15 is 0 Å². The minimum atomic E-state index is 0. The van der Waals surface area contributed by atoms with Crippen LogP contribution in [0.2, 0.25) is 10.0 Å². The molecule has 0 atom stereocenters. The number of nitrogens with zero attached hydrogens (tertiary/aromatic N) is 3. The molecule has 2 rings (SSSR count). The average molecular weight is 365 g/mol. The first-order chi connectivity index (χ1) is 8.69. The molecule has 1 aromatic carbocycles. The maximum Gasteiger partial charge on any atom is 0.265 e. The molecule has 0 saturated carbocycles. The highest BCUT2D eigenvalue weighted by Gasteiger charge is 2.09. The largest absolute Gasteiger partial charge is 1.00 e. The Morgan fingerprint density at radius 1 is 1.32 bits per heavy atom. The van der Waals surface area contributed by atoms with Gasteiger partial charge in [-0.2, -0.15) is 0 Å². The third kappa shape index (κ3) is 4.79. The fraction of sp³-hybridized carbons (Fsp3) is 0.385. The lowest BCUT2D eigenvalue weighted by molar-refractivity contribution is -0.698. The molecule has 0 aliphatic rings. The lowest BCUT2D eigenvalue weighted by atomic mass is 10.2. The number of rotatable bonds is 5. The summed E-state index contributed by atoms with van der Waals surface area (Å²) in [6.07, 6.45) is 6.19. The number of hydrogen-bond donors (Lipinski definition) is 0. The monoisotopic (exact) mass is 363 g/mol. The molecule has 1 aromatic heterocycles. The van der Waals surface area contributed by atoms with E-state index in [9.17, 15) is 0 Å². The Bertz CT molecular complexity index is 528. The second-order valence-corrected chi connectivity index (χ2v) is 5.11. The van der Waals surface area contributed by atoms with E-state index in [4.69, 9.17) is 23.2 Å². The molecule has 0 radical (unpaired) electrons. The summed E-state index contributed by atoms with van der Waals surface area (Å²) < 4.78 is 3.97. The number of aryl methyl sites for hydroxylation is 1. The van der Waals surface area contributed by atoms with Gasteiger partial charge in [0, 0.05) is 20.7 Å². The van der Waals surface area contributed by atoms with E-state index < -0.39 is 0 Å². The second-order valence-electron chi connectivity index (χ2n) is 4.27. The van der Waals surface area contributed by atoms with Crippen molar-refractivity contribution in [2.24, 2.45) is 0 Å². The van der Waals surface area contributed by atoms with Crippen LogP contribution in [0.15, 0.2) is 30.9 Å². The lowest BCUT2D eigenvalue weighted by Gasteiger charge is -2.00. The van der Waals surface area contributed by atoms with Crippen molar-refractivity contribution in [3.8, 4) is 0 Å². The molecule has 0 N–H and O–H groups in total. The Hall–Kier alpha value is -0.580. The highest BCUT2D eigenvalue weighted by atomic mass is 79.9. The summed E-state index contributed by atoms with van der Waals surface area (Å²) in [5, 5.41) is 5.65. The predicted octanol–water partition coefficient (Wildman–Crippen LogP) is 0.330. The topological polar surface area (TPSA) is 21.7 Å². The van der Waals surface area contributed by atoms with Gasteiger partial charge in [0.15, 0.2) is 0 Å². The van der Waals surface area contributed by atoms with Gasteiger partial charge in [-0.05, 0) is 18.6 Å². The molecule has 104 valence electrons. The third-order valence-corrected chi connectivity index (χ3v) is 3.33. The molecule has 1 heterocycles. The maximum atomic E-state index is 6.14. The molecule has 2 aromatic rings. The van der Waals surface area contributed by atoms with E-state index in [1.807, 2.05) is 29.5 Å². The Labute approximate surface area is 133 Å². The number of unbranched alkanes of at least 4 members (excludes halogenated alkanes) is 1. The van der Waals surface area contributed by atoms with Crippen LogP contribution in [0.25, 0.3) is 0 Å². The molecule has 0 spiro atoms. The fourth-order valence-corrected chi connectivity index (χ4v) is 2.19. The maximum absolute atomic E-state index is 6.14. The average Bonchev–Trinajstić information content (AvgIpc) is 2.78. The van der Waals surface area contributed by atoms with Crippen molar-refractivity contribution in [3.63, 3.8) is 0 Å². The van der Waals surface area contributed by atoms with Crippen LogP contribution in [0.1, 0.15) is 25.3 Å². The van der Waals surface area contributed by atoms with Gasteiger partial charge in [0.2, 0.25) is 6.33 Å². The van der Waals surface area contributed by atoms with Gasteiger partial charge in [-0.3, -0.25) is 0 Å². The SMILES string of the molecule is CCCC[n+]1cnn(Cc2ccc(Cl)cc2Cl)c1.[Br-]. The van der Waals surface area contributed by atoms with E-state index in [2.05, 4.69) is 16.6 Å². The van der Waals surface area contributed by atoms with Gasteiger partial charge in [0.1, 0.15) is 6.54 Å². The van der Waals surface area contributed by atoms with Gasteiger partial charge in [-0.1, -0.05) is 42.6 Å². The number of halogens is 3. The minimum Gasteiger partial charge on any atom is -1.00 e. The van der Waals surface area contributed by atoms with E-state index in [1.54, 1.807) is 6.07 Å². The normalized spacial score (nSPS) is 10.3. The molecule has 6 heteroatoms. The zero-order chi connectivity index (χ0) is 13.0. The molecule has 0 unspecified atom stereocenters. The lowest BCUT2D eigenvalue weighted by Crippen LogP contribution is -3.00. The van der Waals surface area contributed by atoms with E-state index in [1.165, 1.54) is 6.42 Å². The second kappa shape index (κ2) is 7.88. The van der Waals surface area contributed by atoms with Crippen LogP contribution in [-0.4, -0.2) is 9.78 Å². The smallest absolute Gasteiger partial charge is 0.265 e. The van der Waals surface area contributed by atoms with E-state index in [0.29, 0.717) is 16.6 Å². The Balaban J connectivity index is 0.00000180. The molecule has 0 fully saturated rings. The molecular weight excluding hydrogens is 349 g/mol. The zero-order valence-corrected chi connectivity index (χ0v) is 13.8. The first-order valence-electron chi connectivity index (χ1n) is 6.04. The van der Waals surface area contributed by atoms with Crippen LogP contribution in [0.4, 0.5) is 0 Å². The van der Waals surface area contributed by atoms with Crippen molar-refractivity contribution in [3.05, 3.63) is 46.5 Å². The molecule has 0 saturated heterocycles. The fourth-order valence-electron chi connectivity index (χ4n) is 1.73. The van der Waals surface area contributed by atoms with Gasteiger partial charge in [0.25, 0.3) is 6.33 Å². The summed E-state index contributed by atoms with van der Waals surface area (Å²) in [6, 6.07) is 5.53. The summed E-state index contributed by atoms with van der Waals surface area (Å²) >= 11 is 12.0. The minimum absolute atomic E-state index is 0. The van der Waals surface area contributed by atoms with Crippen molar-refractivity contribution < 1.29 is 21.5 Å².